The number of hydrogen-bond donors (Lipinski definition) is 2. The normalized spacial score (nSPS) is 24.2. The van der Waals surface area contributed by atoms with E-state index in [1.165, 1.54) is 0 Å². The molecule has 2 aromatic rings. The van der Waals surface area contributed by atoms with E-state index in [0.717, 1.165) is 42.8 Å². The van der Waals surface area contributed by atoms with E-state index in [2.05, 4.69) is 27.2 Å². The van der Waals surface area contributed by atoms with E-state index in [9.17, 15) is 9.59 Å². The van der Waals surface area contributed by atoms with Crippen LogP contribution < -0.4 is 5.32 Å². The van der Waals surface area contributed by atoms with Crippen molar-refractivity contribution < 1.29 is 9.59 Å². The van der Waals surface area contributed by atoms with Gasteiger partial charge in [0.1, 0.15) is 5.82 Å². The molecule has 4 rings (SSSR count). The number of fused-ring (bicyclic) bond motifs is 1. The van der Waals surface area contributed by atoms with Crippen LogP contribution in [0.1, 0.15) is 31.5 Å². The van der Waals surface area contributed by atoms with Gasteiger partial charge < -0.3 is 15.2 Å². The van der Waals surface area contributed by atoms with Crippen molar-refractivity contribution in [2.75, 3.05) is 33.2 Å². The van der Waals surface area contributed by atoms with Gasteiger partial charge in [-0.05, 0) is 32.0 Å². The summed E-state index contributed by atoms with van der Waals surface area (Å²) in [4.78, 5) is 36.8. The Balaban J connectivity index is 1.40. The molecule has 3 heterocycles. The summed E-state index contributed by atoms with van der Waals surface area (Å²) in [5.74, 6) is 1.15. The first-order valence-electron chi connectivity index (χ1n) is 9.75. The Morgan fingerprint density at radius 1 is 1.26 bits per heavy atom. The third-order valence-corrected chi connectivity index (χ3v) is 6.10. The fraction of sp³-hybridized carbons (Fsp3) is 0.550. The van der Waals surface area contributed by atoms with Gasteiger partial charge >= 0.3 is 0 Å². The van der Waals surface area contributed by atoms with Crippen LogP contribution in [0.5, 0.6) is 0 Å². The Hall–Kier alpha value is -2.41. The molecule has 7 heteroatoms. The van der Waals surface area contributed by atoms with Crippen molar-refractivity contribution in [1.29, 1.82) is 0 Å². The van der Waals surface area contributed by atoms with Crippen molar-refractivity contribution in [3.05, 3.63) is 30.1 Å². The number of nitrogens with one attached hydrogen (secondary N) is 2. The summed E-state index contributed by atoms with van der Waals surface area (Å²) >= 11 is 0. The van der Waals surface area contributed by atoms with E-state index in [1.54, 1.807) is 0 Å². The molecular weight excluding hydrogens is 342 g/mol. The van der Waals surface area contributed by atoms with Crippen LogP contribution >= 0.6 is 0 Å². The fourth-order valence-corrected chi connectivity index (χ4v) is 4.32. The summed E-state index contributed by atoms with van der Waals surface area (Å²) in [6.07, 6.45) is 3.31. The molecule has 2 fully saturated rings. The number of nitrogens with zero attached hydrogens (tertiary/aromatic N) is 3. The lowest BCUT2D eigenvalue weighted by Gasteiger charge is -2.49. The van der Waals surface area contributed by atoms with Gasteiger partial charge in [0.05, 0.1) is 11.0 Å². The SMILES string of the molecule is CN1CCN(C(=O)CCc2nc3ccccc3[nH]2)CC12CCNC(=O)CC2. The van der Waals surface area contributed by atoms with Crippen LogP contribution in [0.15, 0.2) is 24.3 Å². The van der Waals surface area contributed by atoms with E-state index in [4.69, 9.17) is 0 Å². The van der Waals surface area contributed by atoms with E-state index < -0.39 is 0 Å². The van der Waals surface area contributed by atoms with Crippen molar-refractivity contribution >= 4 is 22.8 Å². The molecule has 2 amide bonds. The predicted molar refractivity (Wildman–Crippen MR) is 103 cm³/mol. The third-order valence-electron chi connectivity index (χ3n) is 6.10. The van der Waals surface area contributed by atoms with Gasteiger partial charge in [-0.15, -0.1) is 0 Å². The smallest absolute Gasteiger partial charge is 0.223 e. The highest BCUT2D eigenvalue weighted by atomic mass is 16.2. The zero-order valence-electron chi connectivity index (χ0n) is 15.8. The number of aryl methyl sites for hydroxylation is 1. The van der Waals surface area contributed by atoms with E-state index in [1.807, 2.05) is 29.2 Å². The summed E-state index contributed by atoms with van der Waals surface area (Å²) in [5.41, 5.74) is 1.86. The fourth-order valence-electron chi connectivity index (χ4n) is 4.32. The molecule has 0 aliphatic carbocycles. The lowest BCUT2D eigenvalue weighted by molar-refractivity contribution is -0.136. The molecule has 2 saturated heterocycles. The highest BCUT2D eigenvalue weighted by Crippen LogP contribution is 2.30. The number of piperazine rings is 1. The summed E-state index contributed by atoms with van der Waals surface area (Å²) in [7, 11) is 2.12. The minimum absolute atomic E-state index is 0.0908. The van der Waals surface area contributed by atoms with Crippen molar-refractivity contribution in [2.45, 2.75) is 37.6 Å². The second-order valence-corrected chi connectivity index (χ2v) is 7.76. The zero-order valence-corrected chi connectivity index (χ0v) is 15.8. The first-order valence-corrected chi connectivity index (χ1v) is 9.75. The number of aromatic nitrogens is 2. The van der Waals surface area contributed by atoms with Crippen LogP contribution in [0.25, 0.3) is 11.0 Å². The van der Waals surface area contributed by atoms with Crippen LogP contribution in [0, 0.1) is 0 Å². The van der Waals surface area contributed by atoms with E-state index >= 15 is 0 Å². The van der Waals surface area contributed by atoms with Crippen molar-refractivity contribution in [3.8, 4) is 0 Å². The highest BCUT2D eigenvalue weighted by Gasteiger charge is 2.41. The summed E-state index contributed by atoms with van der Waals surface area (Å²) in [6, 6.07) is 7.92. The summed E-state index contributed by atoms with van der Waals surface area (Å²) < 4.78 is 0. The number of carbonyl (C=O) groups excluding carboxylic acids is 2. The Morgan fingerprint density at radius 2 is 2.11 bits per heavy atom. The number of hydrogen-bond acceptors (Lipinski definition) is 4. The molecule has 2 aliphatic heterocycles. The third kappa shape index (κ3) is 3.69. The molecule has 2 N–H and O–H groups in total. The van der Waals surface area contributed by atoms with Gasteiger partial charge in [0.2, 0.25) is 11.8 Å². The van der Waals surface area contributed by atoms with Crippen LogP contribution in [0.3, 0.4) is 0 Å². The van der Waals surface area contributed by atoms with Gasteiger partial charge in [-0.1, -0.05) is 12.1 Å². The first kappa shape index (κ1) is 18.0. The maximum absolute atomic E-state index is 12.9. The highest BCUT2D eigenvalue weighted by molar-refractivity contribution is 5.78. The Bertz CT molecular complexity index is 815. The maximum Gasteiger partial charge on any atom is 0.223 e. The molecule has 1 atom stereocenters. The average Bonchev–Trinajstić information content (AvgIpc) is 3.00. The molecule has 1 aromatic carbocycles. The second kappa shape index (κ2) is 7.31. The number of benzene rings is 1. The van der Waals surface area contributed by atoms with Crippen molar-refractivity contribution in [2.24, 2.45) is 0 Å². The van der Waals surface area contributed by atoms with E-state index in [0.29, 0.717) is 32.4 Å². The summed E-state index contributed by atoms with van der Waals surface area (Å²) in [6.45, 7) is 2.99. The van der Waals surface area contributed by atoms with Gasteiger partial charge in [0, 0.05) is 51.0 Å². The van der Waals surface area contributed by atoms with Crippen LogP contribution in [0.4, 0.5) is 0 Å². The second-order valence-electron chi connectivity index (χ2n) is 7.76. The van der Waals surface area contributed by atoms with Gasteiger partial charge in [0.25, 0.3) is 0 Å². The average molecular weight is 369 g/mol. The molecule has 1 unspecified atom stereocenters. The van der Waals surface area contributed by atoms with Gasteiger partial charge in [0.15, 0.2) is 0 Å². The maximum atomic E-state index is 12.9. The number of rotatable bonds is 3. The topological polar surface area (TPSA) is 81.3 Å². The van der Waals surface area contributed by atoms with Crippen LogP contribution in [-0.2, 0) is 16.0 Å². The minimum atomic E-state index is -0.0908. The zero-order chi connectivity index (χ0) is 18.9. The van der Waals surface area contributed by atoms with Gasteiger partial charge in [-0.2, -0.15) is 0 Å². The molecule has 0 radical (unpaired) electrons. The molecule has 144 valence electrons. The molecule has 0 saturated carbocycles. The molecule has 2 aliphatic rings. The molecule has 1 spiro atoms. The monoisotopic (exact) mass is 369 g/mol. The molecule has 1 aromatic heterocycles. The van der Waals surface area contributed by atoms with Crippen molar-refractivity contribution in [3.63, 3.8) is 0 Å². The number of amides is 2. The number of H-pyrrole nitrogens is 1. The van der Waals surface area contributed by atoms with E-state index in [-0.39, 0.29) is 17.4 Å². The Labute approximate surface area is 159 Å². The largest absolute Gasteiger partial charge is 0.356 e. The summed E-state index contributed by atoms with van der Waals surface area (Å²) in [5, 5.41) is 2.96. The standard InChI is InChI=1S/C20H27N5O2/c1-24-12-13-25(14-20(24)9-8-18(26)21-11-10-20)19(27)7-6-17-22-15-4-2-3-5-16(15)23-17/h2-5H,6-14H2,1H3,(H,21,26)(H,22,23). The lowest BCUT2D eigenvalue weighted by atomic mass is 9.86. The van der Waals surface area contributed by atoms with Crippen LogP contribution in [0.2, 0.25) is 0 Å². The molecule has 27 heavy (non-hydrogen) atoms. The molecule has 0 bridgehead atoms. The van der Waals surface area contributed by atoms with Crippen LogP contribution in [-0.4, -0.2) is 70.3 Å². The predicted octanol–water partition coefficient (Wildman–Crippen LogP) is 1.31. The Morgan fingerprint density at radius 3 is 2.96 bits per heavy atom. The number of carbonyl (C=O) groups is 2. The molecule has 7 nitrogen and oxygen atoms in total. The number of aromatic amines is 1. The van der Waals surface area contributed by atoms with Crippen molar-refractivity contribution in [1.82, 2.24) is 25.1 Å². The van der Waals surface area contributed by atoms with Gasteiger partial charge in [-0.25, -0.2) is 4.98 Å². The number of imidazole rings is 1. The lowest BCUT2D eigenvalue weighted by Crippen LogP contribution is -2.62. The number of para-hydroxylation sites is 2. The van der Waals surface area contributed by atoms with Gasteiger partial charge in [-0.3, -0.25) is 14.5 Å². The Kier molecular flexibility index (Phi) is 4.86. The minimum Gasteiger partial charge on any atom is -0.356 e. The quantitative estimate of drug-likeness (QED) is 0.855. The first-order chi connectivity index (χ1) is 13.1. The molecular formula is C20H27N5O2. The number of likely N-dealkylation sites (N-methyl/N-ethyl adjacent to an activating group) is 1.